The van der Waals surface area contributed by atoms with E-state index >= 15 is 0 Å². The summed E-state index contributed by atoms with van der Waals surface area (Å²) in [6.45, 7) is 5.11. The summed E-state index contributed by atoms with van der Waals surface area (Å²) in [4.78, 5) is 8.51. The number of hydrogen-bond donors (Lipinski definition) is 1. The van der Waals surface area contributed by atoms with E-state index in [9.17, 15) is 0 Å². The van der Waals surface area contributed by atoms with Crippen LogP contribution in [0.4, 0.5) is 0 Å². The Morgan fingerprint density at radius 1 is 1.44 bits per heavy atom. The monoisotopic (exact) mass is 219 g/mol. The molecule has 1 aromatic heterocycles. The first kappa shape index (κ1) is 11.5. The van der Waals surface area contributed by atoms with Gasteiger partial charge in [0, 0.05) is 18.8 Å². The number of aromatic nitrogens is 2. The first-order valence-electron chi connectivity index (χ1n) is 6.30. The van der Waals surface area contributed by atoms with Crippen molar-refractivity contribution in [1.82, 2.24) is 15.3 Å². The van der Waals surface area contributed by atoms with Gasteiger partial charge < -0.3 is 5.32 Å². The second-order valence-corrected chi connectivity index (χ2v) is 4.76. The molecule has 1 heterocycles. The van der Waals surface area contributed by atoms with E-state index in [0.717, 1.165) is 24.0 Å². The van der Waals surface area contributed by atoms with Gasteiger partial charge >= 0.3 is 0 Å². The summed E-state index contributed by atoms with van der Waals surface area (Å²) in [7, 11) is 0. The Bertz CT molecular complexity index is 338. The minimum absolute atomic E-state index is 0.695. The van der Waals surface area contributed by atoms with Crippen LogP contribution in [0, 0.1) is 12.8 Å². The fourth-order valence-electron chi connectivity index (χ4n) is 2.48. The molecule has 1 fully saturated rings. The number of aryl methyl sites for hydroxylation is 1. The molecule has 1 saturated carbocycles. The van der Waals surface area contributed by atoms with Crippen molar-refractivity contribution >= 4 is 0 Å². The molecule has 2 rings (SSSR count). The lowest BCUT2D eigenvalue weighted by Crippen LogP contribution is -2.26. The van der Waals surface area contributed by atoms with Crippen molar-refractivity contribution in [2.75, 3.05) is 0 Å². The molecule has 0 bridgehead atoms. The van der Waals surface area contributed by atoms with Crippen LogP contribution in [0.2, 0.25) is 0 Å². The van der Waals surface area contributed by atoms with Gasteiger partial charge in [0.2, 0.25) is 0 Å². The highest BCUT2D eigenvalue weighted by atomic mass is 15.0. The third-order valence-corrected chi connectivity index (χ3v) is 3.52. The second kappa shape index (κ2) is 5.39. The first-order valence-corrected chi connectivity index (χ1v) is 6.30. The molecule has 3 heteroatoms. The molecule has 88 valence electrons. The van der Waals surface area contributed by atoms with E-state index in [2.05, 4.69) is 22.2 Å². The Labute approximate surface area is 97.7 Å². The fourth-order valence-corrected chi connectivity index (χ4v) is 2.48. The summed E-state index contributed by atoms with van der Waals surface area (Å²) in [6.07, 6.45) is 7.20. The van der Waals surface area contributed by atoms with Crippen LogP contribution in [0.5, 0.6) is 0 Å². The molecule has 0 amide bonds. The molecule has 1 aromatic rings. The molecular formula is C13H21N3. The largest absolute Gasteiger partial charge is 0.308 e. The molecule has 16 heavy (non-hydrogen) atoms. The number of hydrogen-bond acceptors (Lipinski definition) is 3. The summed E-state index contributed by atoms with van der Waals surface area (Å²) in [5, 5.41) is 3.60. The van der Waals surface area contributed by atoms with E-state index in [-0.39, 0.29) is 0 Å². The van der Waals surface area contributed by atoms with Crippen LogP contribution in [0.3, 0.4) is 0 Å². The van der Waals surface area contributed by atoms with Crippen LogP contribution in [0.15, 0.2) is 12.3 Å². The van der Waals surface area contributed by atoms with Crippen LogP contribution >= 0.6 is 0 Å². The maximum Gasteiger partial charge on any atom is 0.125 e. The zero-order chi connectivity index (χ0) is 11.4. The SMILES string of the molecule is CCC1CCC(NCc2ccnc(C)n2)C1. The van der Waals surface area contributed by atoms with Crippen molar-refractivity contribution < 1.29 is 0 Å². The van der Waals surface area contributed by atoms with Gasteiger partial charge in [0.15, 0.2) is 0 Å². The molecule has 0 aliphatic heterocycles. The Morgan fingerprint density at radius 3 is 3.00 bits per heavy atom. The van der Waals surface area contributed by atoms with E-state index in [1.807, 2.05) is 19.2 Å². The number of rotatable bonds is 4. The lowest BCUT2D eigenvalue weighted by Gasteiger charge is -2.12. The molecule has 1 aliphatic rings. The molecule has 1 N–H and O–H groups in total. The summed E-state index contributed by atoms with van der Waals surface area (Å²) >= 11 is 0. The van der Waals surface area contributed by atoms with Gasteiger partial charge in [-0.05, 0) is 38.2 Å². The average molecular weight is 219 g/mol. The summed E-state index contributed by atoms with van der Waals surface area (Å²) in [6, 6.07) is 2.69. The Kier molecular flexibility index (Phi) is 3.88. The van der Waals surface area contributed by atoms with Crippen LogP contribution in [-0.2, 0) is 6.54 Å². The minimum Gasteiger partial charge on any atom is -0.308 e. The summed E-state index contributed by atoms with van der Waals surface area (Å²) < 4.78 is 0. The normalized spacial score (nSPS) is 24.9. The van der Waals surface area contributed by atoms with Crippen LogP contribution in [-0.4, -0.2) is 16.0 Å². The summed E-state index contributed by atoms with van der Waals surface area (Å²) in [5.74, 6) is 1.79. The molecule has 0 spiro atoms. The van der Waals surface area contributed by atoms with Gasteiger partial charge in [-0.15, -0.1) is 0 Å². The third kappa shape index (κ3) is 3.01. The molecule has 0 saturated heterocycles. The van der Waals surface area contributed by atoms with E-state index in [4.69, 9.17) is 0 Å². The molecule has 2 unspecified atom stereocenters. The first-order chi connectivity index (χ1) is 7.78. The van der Waals surface area contributed by atoms with E-state index in [1.54, 1.807) is 0 Å². The average Bonchev–Trinajstić information content (AvgIpc) is 2.74. The zero-order valence-corrected chi connectivity index (χ0v) is 10.2. The van der Waals surface area contributed by atoms with Gasteiger partial charge in [0.1, 0.15) is 5.82 Å². The van der Waals surface area contributed by atoms with Crippen molar-refractivity contribution in [2.45, 2.75) is 52.1 Å². The fraction of sp³-hybridized carbons (Fsp3) is 0.692. The topological polar surface area (TPSA) is 37.8 Å². The molecule has 3 nitrogen and oxygen atoms in total. The maximum atomic E-state index is 4.40. The standard InChI is InChI=1S/C13H21N3/c1-3-11-4-5-12(8-11)15-9-13-6-7-14-10(2)16-13/h6-7,11-12,15H,3-5,8-9H2,1-2H3. The van der Waals surface area contributed by atoms with Crippen molar-refractivity contribution in [3.8, 4) is 0 Å². The molecule has 2 atom stereocenters. The smallest absolute Gasteiger partial charge is 0.125 e. The highest BCUT2D eigenvalue weighted by Gasteiger charge is 2.22. The van der Waals surface area contributed by atoms with Gasteiger partial charge in [0.05, 0.1) is 5.69 Å². The number of nitrogens with one attached hydrogen (secondary N) is 1. The second-order valence-electron chi connectivity index (χ2n) is 4.76. The van der Waals surface area contributed by atoms with Gasteiger partial charge in [-0.2, -0.15) is 0 Å². The Hall–Kier alpha value is -0.960. The van der Waals surface area contributed by atoms with Gasteiger partial charge in [-0.25, -0.2) is 9.97 Å². The van der Waals surface area contributed by atoms with E-state index in [1.165, 1.54) is 25.7 Å². The molecule has 1 aliphatic carbocycles. The van der Waals surface area contributed by atoms with Crippen LogP contribution < -0.4 is 5.32 Å². The number of nitrogens with zero attached hydrogens (tertiary/aromatic N) is 2. The quantitative estimate of drug-likeness (QED) is 0.845. The molecular weight excluding hydrogens is 198 g/mol. The highest BCUT2D eigenvalue weighted by molar-refractivity contribution is 5.01. The predicted octanol–water partition coefficient (Wildman–Crippen LogP) is 2.45. The predicted molar refractivity (Wildman–Crippen MR) is 65.0 cm³/mol. The lowest BCUT2D eigenvalue weighted by molar-refractivity contribution is 0.474. The van der Waals surface area contributed by atoms with Crippen molar-refractivity contribution in [3.05, 3.63) is 23.8 Å². The lowest BCUT2D eigenvalue weighted by atomic mass is 10.1. The maximum absolute atomic E-state index is 4.40. The molecule has 0 aromatic carbocycles. The Morgan fingerprint density at radius 2 is 2.31 bits per heavy atom. The van der Waals surface area contributed by atoms with E-state index < -0.39 is 0 Å². The van der Waals surface area contributed by atoms with E-state index in [0.29, 0.717) is 6.04 Å². The summed E-state index contributed by atoms with van der Waals surface area (Å²) in [5.41, 5.74) is 1.10. The highest BCUT2D eigenvalue weighted by Crippen LogP contribution is 2.27. The van der Waals surface area contributed by atoms with Gasteiger partial charge in [-0.3, -0.25) is 0 Å². The minimum atomic E-state index is 0.695. The van der Waals surface area contributed by atoms with Gasteiger partial charge in [0.25, 0.3) is 0 Å². The molecule has 0 radical (unpaired) electrons. The van der Waals surface area contributed by atoms with Crippen molar-refractivity contribution in [3.63, 3.8) is 0 Å². The third-order valence-electron chi connectivity index (χ3n) is 3.52. The Balaban J connectivity index is 1.80. The van der Waals surface area contributed by atoms with Crippen LogP contribution in [0.1, 0.15) is 44.1 Å². The zero-order valence-electron chi connectivity index (χ0n) is 10.2. The van der Waals surface area contributed by atoms with Crippen molar-refractivity contribution in [2.24, 2.45) is 5.92 Å². The van der Waals surface area contributed by atoms with Gasteiger partial charge in [-0.1, -0.05) is 13.3 Å². The van der Waals surface area contributed by atoms with Crippen LogP contribution in [0.25, 0.3) is 0 Å². The van der Waals surface area contributed by atoms with Crippen molar-refractivity contribution in [1.29, 1.82) is 0 Å².